The number of benzene rings is 2. The maximum absolute atomic E-state index is 13.1. The molecule has 1 aromatic heterocycles. The van der Waals surface area contributed by atoms with E-state index in [4.69, 9.17) is 4.98 Å². The lowest BCUT2D eigenvalue weighted by Crippen LogP contribution is -2.37. The van der Waals surface area contributed by atoms with Crippen LogP contribution in [0.5, 0.6) is 0 Å². The number of nitrogens with zero attached hydrogens (tertiary/aromatic N) is 3. The molecule has 3 aromatic rings. The first kappa shape index (κ1) is 21.5. The summed E-state index contributed by atoms with van der Waals surface area (Å²) in [7, 11) is 0. The van der Waals surface area contributed by atoms with E-state index in [-0.39, 0.29) is 17.5 Å². The average Bonchev–Trinajstić information content (AvgIpc) is 2.78. The lowest BCUT2D eigenvalue weighted by Gasteiger charge is -2.29. The Morgan fingerprint density at radius 2 is 1.80 bits per heavy atom. The van der Waals surface area contributed by atoms with Gasteiger partial charge in [0.05, 0.1) is 16.9 Å². The van der Waals surface area contributed by atoms with Crippen LogP contribution in [0.3, 0.4) is 0 Å². The number of fused-ring (bicyclic) bond motifs is 1. The van der Waals surface area contributed by atoms with Crippen molar-refractivity contribution in [1.82, 2.24) is 14.5 Å². The predicted octanol–water partition coefficient (Wildman–Crippen LogP) is 4.82. The molecule has 1 unspecified atom stereocenters. The van der Waals surface area contributed by atoms with Crippen LogP contribution in [0.2, 0.25) is 0 Å². The van der Waals surface area contributed by atoms with Gasteiger partial charge in [0, 0.05) is 19.2 Å². The van der Waals surface area contributed by atoms with Gasteiger partial charge in [0.25, 0.3) is 5.56 Å². The normalized spacial score (nSPS) is 12.4. The topological polar surface area (TPSA) is 55.2 Å². The average molecular weight is 404 g/mol. The summed E-state index contributed by atoms with van der Waals surface area (Å²) in [6.45, 7) is 7.10. The van der Waals surface area contributed by atoms with Crippen LogP contribution in [0, 0.1) is 0 Å². The number of para-hydroxylation sites is 1. The number of carbonyl (C=O) groups is 1. The number of hydrogen-bond acceptors (Lipinski definition) is 3. The zero-order valence-electron chi connectivity index (χ0n) is 17.9. The van der Waals surface area contributed by atoms with Gasteiger partial charge in [-0.2, -0.15) is 0 Å². The third kappa shape index (κ3) is 4.67. The lowest BCUT2D eigenvalue weighted by atomic mass is 10.1. The van der Waals surface area contributed by atoms with Crippen LogP contribution in [-0.4, -0.2) is 26.9 Å². The first-order valence-corrected chi connectivity index (χ1v) is 10.6. The molecular formula is C25H29N3O2. The molecule has 0 aliphatic carbocycles. The van der Waals surface area contributed by atoms with Gasteiger partial charge in [-0.1, -0.05) is 55.8 Å². The Morgan fingerprint density at radius 3 is 2.50 bits per heavy atom. The van der Waals surface area contributed by atoms with Crippen LogP contribution >= 0.6 is 0 Å². The second-order valence-corrected chi connectivity index (χ2v) is 7.34. The summed E-state index contributed by atoms with van der Waals surface area (Å²) in [5.41, 5.74) is 1.58. The van der Waals surface area contributed by atoms with E-state index in [9.17, 15) is 9.59 Å². The van der Waals surface area contributed by atoms with Gasteiger partial charge >= 0.3 is 0 Å². The highest BCUT2D eigenvalue weighted by Crippen LogP contribution is 2.21. The van der Waals surface area contributed by atoms with Crippen molar-refractivity contribution in [3.05, 3.63) is 82.4 Å². The van der Waals surface area contributed by atoms with E-state index < -0.39 is 0 Å². The van der Waals surface area contributed by atoms with Crippen molar-refractivity contribution < 1.29 is 4.79 Å². The molecular weight excluding hydrogens is 374 g/mol. The van der Waals surface area contributed by atoms with Gasteiger partial charge in [-0.15, -0.1) is 0 Å². The molecule has 30 heavy (non-hydrogen) atoms. The van der Waals surface area contributed by atoms with Gasteiger partial charge < -0.3 is 4.90 Å². The molecule has 0 fully saturated rings. The minimum atomic E-state index is -0.318. The monoisotopic (exact) mass is 403 g/mol. The van der Waals surface area contributed by atoms with Crippen LogP contribution in [0.1, 0.15) is 51.0 Å². The Hall–Kier alpha value is -3.21. The zero-order chi connectivity index (χ0) is 21.5. The van der Waals surface area contributed by atoms with Crippen molar-refractivity contribution in [3.63, 3.8) is 0 Å². The number of amides is 1. The van der Waals surface area contributed by atoms with E-state index in [1.807, 2.05) is 73.4 Å². The van der Waals surface area contributed by atoms with Gasteiger partial charge in [-0.25, -0.2) is 4.98 Å². The van der Waals surface area contributed by atoms with Crippen LogP contribution in [0.15, 0.2) is 65.5 Å². The van der Waals surface area contributed by atoms with Gasteiger partial charge in [0.15, 0.2) is 0 Å². The van der Waals surface area contributed by atoms with Crippen LogP contribution < -0.4 is 5.56 Å². The van der Waals surface area contributed by atoms with Crippen LogP contribution in [0.4, 0.5) is 0 Å². The summed E-state index contributed by atoms with van der Waals surface area (Å²) in [5.74, 6) is 0.545. The summed E-state index contributed by atoms with van der Waals surface area (Å²) in [5, 5.41) is 0.603. The van der Waals surface area contributed by atoms with E-state index in [0.29, 0.717) is 29.8 Å². The molecule has 1 atom stereocenters. The molecule has 0 spiro atoms. The minimum absolute atomic E-state index is 0.0623. The zero-order valence-corrected chi connectivity index (χ0v) is 17.9. The fraction of sp³-hybridized carbons (Fsp3) is 0.320. The van der Waals surface area contributed by atoms with Crippen molar-refractivity contribution in [2.45, 2.75) is 46.2 Å². The SMILES string of the molecule is CCCCN(C(=O)/C=C/c1ccccc1)C(C)c1nc2ccccc2c(=O)n1CC. The van der Waals surface area contributed by atoms with Crippen molar-refractivity contribution in [3.8, 4) is 0 Å². The molecule has 0 N–H and O–H groups in total. The molecule has 5 heteroatoms. The fourth-order valence-corrected chi connectivity index (χ4v) is 3.60. The Kier molecular flexibility index (Phi) is 7.17. The van der Waals surface area contributed by atoms with E-state index in [0.717, 1.165) is 18.4 Å². The Labute approximate surface area is 177 Å². The van der Waals surface area contributed by atoms with Crippen LogP contribution in [-0.2, 0) is 11.3 Å². The maximum Gasteiger partial charge on any atom is 0.261 e. The van der Waals surface area contributed by atoms with Crippen LogP contribution in [0.25, 0.3) is 17.0 Å². The molecule has 156 valence electrons. The summed E-state index contributed by atoms with van der Waals surface area (Å²) in [6.07, 6.45) is 5.30. The number of carbonyl (C=O) groups excluding carboxylic acids is 1. The van der Waals surface area contributed by atoms with Gasteiger partial charge in [0.1, 0.15) is 5.82 Å². The summed E-state index contributed by atoms with van der Waals surface area (Å²) in [6, 6.07) is 16.8. The van der Waals surface area contributed by atoms with E-state index >= 15 is 0 Å². The Morgan fingerprint density at radius 1 is 1.10 bits per heavy atom. The van der Waals surface area contributed by atoms with Gasteiger partial charge in [-0.05, 0) is 44.0 Å². The quantitative estimate of drug-likeness (QED) is 0.507. The number of unbranched alkanes of at least 4 members (excludes halogenated alkanes) is 1. The Bertz CT molecular complexity index is 1090. The van der Waals surface area contributed by atoms with Gasteiger partial charge in [0.2, 0.25) is 5.91 Å². The number of aromatic nitrogens is 2. The van der Waals surface area contributed by atoms with Gasteiger partial charge in [-0.3, -0.25) is 14.2 Å². The highest BCUT2D eigenvalue weighted by molar-refractivity contribution is 5.92. The highest BCUT2D eigenvalue weighted by atomic mass is 16.2. The fourth-order valence-electron chi connectivity index (χ4n) is 3.60. The molecule has 0 radical (unpaired) electrons. The van der Waals surface area contributed by atoms with E-state index in [2.05, 4.69) is 6.92 Å². The molecule has 0 saturated carbocycles. The third-order valence-corrected chi connectivity index (χ3v) is 5.30. The maximum atomic E-state index is 13.1. The molecule has 0 aliphatic rings. The molecule has 0 aliphatic heterocycles. The first-order chi connectivity index (χ1) is 14.6. The first-order valence-electron chi connectivity index (χ1n) is 10.6. The number of rotatable bonds is 8. The van der Waals surface area contributed by atoms with Crippen molar-refractivity contribution in [2.24, 2.45) is 0 Å². The summed E-state index contributed by atoms with van der Waals surface area (Å²) in [4.78, 5) is 32.7. The van der Waals surface area contributed by atoms with Crippen molar-refractivity contribution in [1.29, 1.82) is 0 Å². The summed E-state index contributed by atoms with van der Waals surface area (Å²) >= 11 is 0. The molecule has 0 bridgehead atoms. The molecule has 0 saturated heterocycles. The lowest BCUT2D eigenvalue weighted by molar-refractivity contribution is -0.128. The highest BCUT2D eigenvalue weighted by Gasteiger charge is 2.24. The third-order valence-electron chi connectivity index (χ3n) is 5.30. The molecule has 3 rings (SSSR count). The molecule has 5 nitrogen and oxygen atoms in total. The number of hydrogen-bond donors (Lipinski definition) is 0. The second-order valence-electron chi connectivity index (χ2n) is 7.34. The molecule has 1 amide bonds. The molecule has 1 heterocycles. The van der Waals surface area contributed by atoms with Crippen molar-refractivity contribution >= 4 is 22.9 Å². The largest absolute Gasteiger partial charge is 0.329 e. The second kappa shape index (κ2) is 10.0. The van der Waals surface area contributed by atoms with E-state index in [1.165, 1.54) is 0 Å². The predicted molar refractivity (Wildman–Crippen MR) is 122 cm³/mol. The van der Waals surface area contributed by atoms with Crippen molar-refractivity contribution in [2.75, 3.05) is 6.54 Å². The Balaban J connectivity index is 1.99. The minimum Gasteiger partial charge on any atom is -0.329 e. The standard InChI is InChI=1S/C25H29N3O2/c1-4-6-18-28(23(29)17-16-20-12-8-7-9-13-20)19(3)24-26-22-15-11-10-14-21(22)25(30)27(24)5-2/h7-17,19H,4-6,18H2,1-3H3/b17-16+. The molecule has 2 aromatic carbocycles. The van der Waals surface area contributed by atoms with E-state index in [1.54, 1.807) is 16.7 Å². The smallest absolute Gasteiger partial charge is 0.261 e. The summed E-state index contributed by atoms with van der Waals surface area (Å²) < 4.78 is 1.68.